The molecule has 0 saturated carbocycles. The molecule has 0 unspecified atom stereocenters. The van der Waals surface area contributed by atoms with Crippen molar-refractivity contribution in [1.29, 1.82) is 0 Å². The van der Waals surface area contributed by atoms with E-state index in [0.717, 1.165) is 55.4 Å². The van der Waals surface area contributed by atoms with E-state index in [1.807, 2.05) is 55.1 Å². The van der Waals surface area contributed by atoms with Crippen LogP contribution in [-0.4, -0.2) is 40.4 Å². The lowest BCUT2D eigenvalue weighted by atomic mass is 9.96. The average Bonchev–Trinajstić information content (AvgIpc) is 2.60. The standard InChI is InChI=1S/C19H24N4O/c1-14-12-18(22-15(2)21-14)20-13-16-8-10-23(11-9-16)19(24)17-6-4-3-5-7-17/h3-7,12,16H,8-11,13H2,1-2H3,(H,20,21,22). The van der Waals surface area contributed by atoms with Crippen molar-refractivity contribution in [2.24, 2.45) is 5.92 Å². The van der Waals surface area contributed by atoms with E-state index in [-0.39, 0.29) is 5.91 Å². The number of aromatic nitrogens is 2. The normalized spacial score (nSPS) is 15.3. The molecule has 1 aromatic carbocycles. The van der Waals surface area contributed by atoms with Crippen molar-refractivity contribution in [3.8, 4) is 0 Å². The number of benzene rings is 1. The lowest BCUT2D eigenvalue weighted by Crippen LogP contribution is -2.39. The van der Waals surface area contributed by atoms with E-state index in [2.05, 4.69) is 15.3 Å². The van der Waals surface area contributed by atoms with Crippen molar-refractivity contribution in [2.45, 2.75) is 26.7 Å². The summed E-state index contributed by atoms with van der Waals surface area (Å²) in [5.74, 6) is 2.40. The Morgan fingerprint density at radius 2 is 1.88 bits per heavy atom. The van der Waals surface area contributed by atoms with Crippen LogP contribution in [0.3, 0.4) is 0 Å². The van der Waals surface area contributed by atoms with Crippen LogP contribution in [0, 0.1) is 19.8 Å². The summed E-state index contributed by atoms with van der Waals surface area (Å²) in [6, 6.07) is 11.5. The van der Waals surface area contributed by atoms with E-state index in [0.29, 0.717) is 5.92 Å². The molecular weight excluding hydrogens is 300 g/mol. The van der Waals surface area contributed by atoms with Gasteiger partial charge in [-0.3, -0.25) is 4.79 Å². The third-order valence-electron chi connectivity index (χ3n) is 4.46. The summed E-state index contributed by atoms with van der Waals surface area (Å²) in [5.41, 5.74) is 1.76. The van der Waals surface area contributed by atoms with Crippen LogP contribution in [0.15, 0.2) is 36.4 Å². The van der Waals surface area contributed by atoms with Gasteiger partial charge < -0.3 is 10.2 Å². The first-order chi connectivity index (χ1) is 11.6. The summed E-state index contributed by atoms with van der Waals surface area (Å²) < 4.78 is 0. The maximum Gasteiger partial charge on any atom is 0.253 e. The van der Waals surface area contributed by atoms with E-state index in [9.17, 15) is 4.79 Å². The van der Waals surface area contributed by atoms with E-state index in [1.165, 1.54) is 0 Å². The first-order valence-corrected chi connectivity index (χ1v) is 8.52. The lowest BCUT2D eigenvalue weighted by molar-refractivity contribution is 0.0695. The molecule has 0 aliphatic carbocycles. The Kier molecular flexibility index (Phi) is 5.08. The van der Waals surface area contributed by atoms with Gasteiger partial charge in [-0.05, 0) is 44.7 Å². The fourth-order valence-corrected chi connectivity index (χ4v) is 3.16. The zero-order valence-electron chi connectivity index (χ0n) is 14.3. The van der Waals surface area contributed by atoms with Crippen molar-refractivity contribution in [3.63, 3.8) is 0 Å². The second-order valence-electron chi connectivity index (χ2n) is 6.42. The molecule has 1 fully saturated rings. The summed E-state index contributed by atoms with van der Waals surface area (Å²) in [7, 11) is 0. The zero-order chi connectivity index (χ0) is 16.9. The number of nitrogens with zero attached hydrogens (tertiary/aromatic N) is 3. The molecule has 24 heavy (non-hydrogen) atoms. The van der Waals surface area contributed by atoms with Gasteiger partial charge in [0.2, 0.25) is 0 Å². The van der Waals surface area contributed by atoms with E-state index in [4.69, 9.17) is 0 Å². The molecule has 1 N–H and O–H groups in total. The molecule has 1 aromatic heterocycles. The molecule has 5 heteroatoms. The summed E-state index contributed by atoms with van der Waals surface area (Å²) >= 11 is 0. The predicted molar refractivity (Wildman–Crippen MR) is 95.1 cm³/mol. The number of hydrogen-bond donors (Lipinski definition) is 1. The molecule has 0 spiro atoms. The minimum Gasteiger partial charge on any atom is -0.370 e. The monoisotopic (exact) mass is 324 g/mol. The van der Waals surface area contributed by atoms with Crippen LogP contribution in [0.4, 0.5) is 5.82 Å². The van der Waals surface area contributed by atoms with Gasteiger partial charge in [-0.1, -0.05) is 18.2 Å². The van der Waals surface area contributed by atoms with Gasteiger partial charge in [0.15, 0.2) is 0 Å². The fourth-order valence-electron chi connectivity index (χ4n) is 3.16. The second kappa shape index (κ2) is 7.43. The Morgan fingerprint density at radius 3 is 2.54 bits per heavy atom. The van der Waals surface area contributed by atoms with Crippen LogP contribution in [0.2, 0.25) is 0 Å². The number of amides is 1. The van der Waals surface area contributed by atoms with Gasteiger partial charge in [0, 0.05) is 37.0 Å². The van der Waals surface area contributed by atoms with Gasteiger partial charge in [0.1, 0.15) is 11.6 Å². The quantitative estimate of drug-likeness (QED) is 0.939. The molecule has 3 rings (SSSR count). The number of piperidine rings is 1. The Hall–Kier alpha value is -2.43. The molecule has 0 bridgehead atoms. The highest BCUT2D eigenvalue weighted by molar-refractivity contribution is 5.94. The molecule has 2 heterocycles. The van der Waals surface area contributed by atoms with E-state index in [1.54, 1.807) is 0 Å². The number of nitrogens with one attached hydrogen (secondary N) is 1. The van der Waals surface area contributed by atoms with E-state index < -0.39 is 0 Å². The highest BCUT2D eigenvalue weighted by atomic mass is 16.2. The lowest BCUT2D eigenvalue weighted by Gasteiger charge is -2.32. The van der Waals surface area contributed by atoms with Gasteiger partial charge in [-0.25, -0.2) is 9.97 Å². The summed E-state index contributed by atoms with van der Waals surface area (Å²) in [6.07, 6.45) is 2.04. The van der Waals surface area contributed by atoms with Gasteiger partial charge in [-0.2, -0.15) is 0 Å². The second-order valence-corrected chi connectivity index (χ2v) is 6.42. The van der Waals surface area contributed by atoms with Crippen molar-refractivity contribution in [3.05, 3.63) is 53.5 Å². The van der Waals surface area contributed by atoms with Crippen LogP contribution in [0.5, 0.6) is 0 Å². The maximum atomic E-state index is 12.5. The molecule has 1 aliphatic rings. The van der Waals surface area contributed by atoms with Crippen LogP contribution < -0.4 is 5.32 Å². The summed E-state index contributed by atoms with van der Waals surface area (Å²) in [4.78, 5) is 23.1. The number of anilines is 1. The topological polar surface area (TPSA) is 58.1 Å². The van der Waals surface area contributed by atoms with Gasteiger partial charge in [0.25, 0.3) is 5.91 Å². The molecule has 126 valence electrons. The SMILES string of the molecule is Cc1cc(NCC2CCN(C(=O)c3ccccc3)CC2)nc(C)n1. The van der Waals surface area contributed by atoms with Crippen molar-refractivity contribution in [2.75, 3.05) is 25.0 Å². The Balaban J connectivity index is 1.49. The highest BCUT2D eigenvalue weighted by Gasteiger charge is 2.23. The summed E-state index contributed by atoms with van der Waals surface area (Å²) in [5, 5.41) is 3.42. The molecule has 1 amide bonds. The van der Waals surface area contributed by atoms with Crippen molar-refractivity contribution in [1.82, 2.24) is 14.9 Å². The van der Waals surface area contributed by atoms with Gasteiger partial charge in [-0.15, -0.1) is 0 Å². The number of carbonyl (C=O) groups excluding carboxylic acids is 1. The largest absolute Gasteiger partial charge is 0.370 e. The Morgan fingerprint density at radius 1 is 1.17 bits per heavy atom. The fraction of sp³-hybridized carbons (Fsp3) is 0.421. The molecule has 5 nitrogen and oxygen atoms in total. The van der Waals surface area contributed by atoms with Gasteiger partial charge >= 0.3 is 0 Å². The van der Waals surface area contributed by atoms with Crippen LogP contribution in [0.1, 0.15) is 34.7 Å². The third-order valence-corrected chi connectivity index (χ3v) is 4.46. The zero-order valence-corrected chi connectivity index (χ0v) is 14.3. The maximum absolute atomic E-state index is 12.5. The molecule has 1 aliphatic heterocycles. The first-order valence-electron chi connectivity index (χ1n) is 8.52. The Labute approximate surface area is 143 Å². The number of carbonyl (C=O) groups is 1. The highest BCUT2D eigenvalue weighted by Crippen LogP contribution is 2.20. The van der Waals surface area contributed by atoms with E-state index >= 15 is 0 Å². The summed E-state index contributed by atoms with van der Waals surface area (Å²) in [6.45, 7) is 6.42. The van der Waals surface area contributed by atoms with Crippen molar-refractivity contribution < 1.29 is 4.79 Å². The molecule has 0 atom stereocenters. The molecule has 1 saturated heterocycles. The van der Waals surface area contributed by atoms with Crippen LogP contribution >= 0.6 is 0 Å². The van der Waals surface area contributed by atoms with Gasteiger partial charge in [0.05, 0.1) is 0 Å². The average molecular weight is 324 g/mol. The smallest absolute Gasteiger partial charge is 0.253 e. The molecular formula is C19H24N4O. The van der Waals surface area contributed by atoms with Crippen molar-refractivity contribution >= 4 is 11.7 Å². The molecule has 0 radical (unpaired) electrons. The third kappa shape index (κ3) is 4.10. The minimum atomic E-state index is 0.143. The number of rotatable bonds is 4. The Bertz CT molecular complexity index is 674. The number of aryl methyl sites for hydroxylation is 2. The predicted octanol–water partition coefficient (Wildman–Crippen LogP) is 3.06. The number of hydrogen-bond acceptors (Lipinski definition) is 4. The number of likely N-dealkylation sites (tertiary alicyclic amines) is 1. The van der Waals surface area contributed by atoms with Crippen LogP contribution in [-0.2, 0) is 0 Å². The first kappa shape index (κ1) is 16.4. The minimum absolute atomic E-state index is 0.143. The van der Waals surface area contributed by atoms with Crippen LogP contribution in [0.25, 0.3) is 0 Å². The molecule has 2 aromatic rings.